The third-order valence-electron chi connectivity index (χ3n) is 3.19. The van der Waals surface area contributed by atoms with E-state index in [4.69, 9.17) is 16.7 Å². The first-order valence-electron chi connectivity index (χ1n) is 6.62. The van der Waals surface area contributed by atoms with Crippen LogP contribution in [0.5, 0.6) is 0 Å². The average molecular weight is 306 g/mol. The summed E-state index contributed by atoms with van der Waals surface area (Å²) in [5.41, 5.74) is 1.64. The fourth-order valence-electron chi connectivity index (χ4n) is 2.33. The van der Waals surface area contributed by atoms with Crippen LogP contribution in [0.3, 0.4) is 0 Å². The first-order chi connectivity index (χ1) is 9.90. The van der Waals surface area contributed by atoms with Gasteiger partial charge in [-0.2, -0.15) is 0 Å². The molecule has 0 fully saturated rings. The lowest BCUT2D eigenvalue weighted by molar-refractivity contribution is -0.136. The van der Waals surface area contributed by atoms with E-state index >= 15 is 0 Å². The standard InChI is InChI=1S/C16H16ClNO3/c1-10(2)18-13(9-15(19)20)7-8-14(18)16(21)11-3-5-12(17)6-4-11/h3-8,10H,9H2,1-2H3,(H,19,20). The van der Waals surface area contributed by atoms with Crippen molar-refractivity contribution in [1.82, 2.24) is 4.57 Å². The molecule has 0 amide bonds. The van der Waals surface area contributed by atoms with Crippen LogP contribution < -0.4 is 0 Å². The molecular formula is C16H16ClNO3. The Morgan fingerprint density at radius 1 is 1.14 bits per heavy atom. The number of ketones is 1. The maximum Gasteiger partial charge on any atom is 0.309 e. The lowest BCUT2D eigenvalue weighted by Crippen LogP contribution is -2.16. The minimum atomic E-state index is -0.916. The molecule has 4 nitrogen and oxygen atoms in total. The zero-order chi connectivity index (χ0) is 15.6. The average Bonchev–Trinajstić information content (AvgIpc) is 2.81. The van der Waals surface area contributed by atoms with Gasteiger partial charge in [0, 0.05) is 22.3 Å². The predicted molar refractivity (Wildman–Crippen MR) is 81.0 cm³/mol. The highest BCUT2D eigenvalue weighted by Gasteiger charge is 2.19. The normalized spacial score (nSPS) is 10.9. The van der Waals surface area contributed by atoms with Gasteiger partial charge in [-0.3, -0.25) is 9.59 Å². The number of hydrogen-bond donors (Lipinski definition) is 1. The lowest BCUT2D eigenvalue weighted by Gasteiger charge is -2.16. The number of aliphatic carboxylic acids is 1. The molecule has 0 saturated heterocycles. The SMILES string of the molecule is CC(C)n1c(CC(=O)O)ccc1C(=O)c1ccc(Cl)cc1. The highest BCUT2D eigenvalue weighted by atomic mass is 35.5. The molecule has 0 radical (unpaired) electrons. The molecule has 0 atom stereocenters. The summed E-state index contributed by atoms with van der Waals surface area (Å²) in [6.07, 6.45) is -0.105. The molecule has 2 aromatic rings. The summed E-state index contributed by atoms with van der Waals surface area (Å²) >= 11 is 5.82. The van der Waals surface area contributed by atoms with E-state index in [-0.39, 0.29) is 18.2 Å². The Bertz CT molecular complexity index is 671. The summed E-state index contributed by atoms with van der Waals surface area (Å²) in [7, 11) is 0. The number of nitrogens with zero attached hydrogens (tertiary/aromatic N) is 1. The Morgan fingerprint density at radius 3 is 2.29 bits per heavy atom. The van der Waals surface area contributed by atoms with Crippen LogP contribution in [0.25, 0.3) is 0 Å². The summed E-state index contributed by atoms with van der Waals surface area (Å²) in [4.78, 5) is 23.5. The number of rotatable bonds is 5. The molecule has 5 heteroatoms. The number of halogens is 1. The van der Waals surface area contributed by atoms with Crippen LogP contribution in [0.2, 0.25) is 5.02 Å². The van der Waals surface area contributed by atoms with Gasteiger partial charge in [0.25, 0.3) is 0 Å². The van der Waals surface area contributed by atoms with Crippen molar-refractivity contribution in [3.63, 3.8) is 0 Å². The van der Waals surface area contributed by atoms with Crippen LogP contribution in [0, 0.1) is 0 Å². The molecule has 1 aromatic carbocycles. The first kappa shape index (κ1) is 15.3. The van der Waals surface area contributed by atoms with Crippen molar-refractivity contribution in [3.05, 3.63) is 58.4 Å². The van der Waals surface area contributed by atoms with Crippen LogP contribution in [0.1, 0.15) is 41.6 Å². The summed E-state index contributed by atoms with van der Waals surface area (Å²) in [5.74, 6) is -1.06. The number of benzene rings is 1. The van der Waals surface area contributed by atoms with Crippen molar-refractivity contribution in [1.29, 1.82) is 0 Å². The van der Waals surface area contributed by atoms with Crippen molar-refractivity contribution < 1.29 is 14.7 Å². The van der Waals surface area contributed by atoms with Gasteiger partial charge in [-0.05, 0) is 50.2 Å². The predicted octanol–water partition coefficient (Wildman–Crippen LogP) is 3.58. The molecule has 110 valence electrons. The number of aromatic nitrogens is 1. The van der Waals surface area contributed by atoms with Gasteiger partial charge < -0.3 is 9.67 Å². The fraction of sp³-hybridized carbons (Fsp3) is 0.250. The van der Waals surface area contributed by atoms with Crippen LogP contribution in [0.15, 0.2) is 36.4 Å². The molecule has 0 saturated carbocycles. The Labute approximate surface area is 128 Å². The van der Waals surface area contributed by atoms with E-state index in [2.05, 4.69) is 0 Å². The molecule has 0 spiro atoms. The summed E-state index contributed by atoms with van der Waals surface area (Å²) in [6, 6.07) is 10.0. The van der Waals surface area contributed by atoms with Crippen molar-refractivity contribution in [2.75, 3.05) is 0 Å². The van der Waals surface area contributed by atoms with E-state index in [0.29, 0.717) is 22.0 Å². The smallest absolute Gasteiger partial charge is 0.309 e. The van der Waals surface area contributed by atoms with Gasteiger partial charge in [0.1, 0.15) is 0 Å². The molecule has 1 aromatic heterocycles. The van der Waals surface area contributed by atoms with E-state index in [1.54, 1.807) is 41.0 Å². The summed E-state index contributed by atoms with van der Waals surface area (Å²) in [5, 5.41) is 9.52. The van der Waals surface area contributed by atoms with Gasteiger partial charge in [0.05, 0.1) is 12.1 Å². The lowest BCUT2D eigenvalue weighted by atomic mass is 10.1. The molecule has 0 aliphatic heterocycles. The zero-order valence-corrected chi connectivity index (χ0v) is 12.6. The van der Waals surface area contributed by atoms with Crippen molar-refractivity contribution in [3.8, 4) is 0 Å². The minimum Gasteiger partial charge on any atom is -0.481 e. The zero-order valence-electron chi connectivity index (χ0n) is 11.8. The van der Waals surface area contributed by atoms with Crippen LogP contribution in [-0.4, -0.2) is 21.4 Å². The molecule has 21 heavy (non-hydrogen) atoms. The third kappa shape index (κ3) is 3.34. The van der Waals surface area contributed by atoms with E-state index in [1.165, 1.54) is 0 Å². The minimum absolute atomic E-state index is 0.000556. The van der Waals surface area contributed by atoms with Gasteiger partial charge in [0.2, 0.25) is 5.78 Å². The summed E-state index contributed by atoms with van der Waals surface area (Å²) in [6.45, 7) is 3.84. The molecular weight excluding hydrogens is 290 g/mol. The molecule has 0 bridgehead atoms. The van der Waals surface area contributed by atoms with Crippen LogP contribution in [-0.2, 0) is 11.2 Å². The van der Waals surface area contributed by atoms with E-state index in [9.17, 15) is 9.59 Å². The van der Waals surface area contributed by atoms with Crippen molar-refractivity contribution in [2.24, 2.45) is 0 Å². The Hall–Kier alpha value is -2.07. The maximum absolute atomic E-state index is 12.6. The Kier molecular flexibility index (Phi) is 4.48. The molecule has 1 heterocycles. The number of carboxylic acids is 1. The second kappa shape index (κ2) is 6.14. The monoisotopic (exact) mass is 305 g/mol. The molecule has 2 rings (SSSR count). The number of hydrogen-bond acceptors (Lipinski definition) is 2. The summed E-state index contributed by atoms with van der Waals surface area (Å²) < 4.78 is 1.77. The second-order valence-corrected chi connectivity index (χ2v) is 5.52. The van der Waals surface area contributed by atoms with Gasteiger partial charge in [0.15, 0.2) is 0 Å². The van der Waals surface area contributed by atoms with Gasteiger partial charge in [-0.25, -0.2) is 0 Å². The van der Waals surface area contributed by atoms with Gasteiger partial charge >= 0.3 is 5.97 Å². The number of carbonyl (C=O) groups is 2. The highest BCUT2D eigenvalue weighted by Crippen LogP contribution is 2.21. The Morgan fingerprint density at radius 2 is 1.76 bits per heavy atom. The third-order valence-corrected chi connectivity index (χ3v) is 3.44. The van der Waals surface area contributed by atoms with Crippen molar-refractivity contribution in [2.45, 2.75) is 26.3 Å². The molecule has 0 aliphatic carbocycles. The highest BCUT2D eigenvalue weighted by molar-refractivity contribution is 6.30. The number of carbonyl (C=O) groups excluding carboxylic acids is 1. The maximum atomic E-state index is 12.6. The van der Waals surface area contributed by atoms with E-state index in [0.717, 1.165) is 0 Å². The van der Waals surface area contributed by atoms with Crippen LogP contribution in [0.4, 0.5) is 0 Å². The Balaban J connectivity index is 2.43. The quantitative estimate of drug-likeness (QED) is 0.859. The number of carboxylic acid groups (broad SMARTS) is 1. The molecule has 0 aliphatic rings. The first-order valence-corrected chi connectivity index (χ1v) is 7.00. The fourth-order valence-corrected chi connectivity index (χ4v) is 2.46. The largest absolute Gasteiger partial charge is 0.481 e. The van der Waals surface area contributed by atoms with Crippen molar-refractivity contribution >= 4 is 23.4 Å². The van der Waals surface area contributed by atoms with E-state index in [1.807, 2.05) is 13.8 Å². The van der Waals surface area contributed by atoms with Gasteiger partial charge in [-0.15, -0.1) is 0 Å². The van der Waals surface area contributed by atoms with E-state index < -0.39 is 5.97 Å². The van der Waals surface area contributed by atoms with Gasteiger partial charge in [-0.1, -0.05) is 11.6 Å². The van der Waals surface area contributed by atoms with Crippen LogP contribution >= 0.6 is 11.6 Å². The second-order valence-electron chi connectivity index (χ2n) is 5.08. The molecule has 0 unspecified atom stereocenters. The topological polar surface area (TPSA) is 59.3 Å². The molecule has 1 N–H and O–H groups in total.